The largest absolute Gasteiger partial charge is 0.503 e. The number of carbonyl (C=O) groups is 1. The van der Waals surface area contributed by atoms with Gasteiger partial charge in [0.25, 0.3) is 5.91 Å². The second kappa shape index (κ2) is 9.25. The quantitative estimate of drug-likeness (QED) is 0.422. The highest BCUT2D eigenvalue weighted by Crippen LogP contribution is 2.44. The summed E-state index contributed by atoms with van der Waals surface area (Å²) in [4.78, 5) is 16.2. The van der Waals surface area contributed by atoms with Crippen molar-refractivity contribution in [1.29, 1.82) is 0 Å². The second-order valence-electron chi connectivity index (χ2n) is 8.63. The molecule has 3 aromatic rings. The number of rotatable bonds is 6. The zero-order valence-electron chi connectivity index (χ0n) is 19.0. The lowest BCUT2D eigenvalue weighted by atomic mass is 9.91. The Morgan fingerprint density at radius 1 is 0.938 bits per heavy atom. The van der Waals surface area contributed by atoms with E-state index in [-0.39, 0.29) is 17.7 Å². The van der Waals surface area contributed by atoms with Crippen LogP contribution in [0, 0.1) is 6.92 Å². The van der Waals surface area contributed by atoms with Crippen LogP contribution < -0.4 is 0 Å². The molecule has 4 heteroatoms. The maximum Gasteiger partial charge on any atom is 0.290 e. The minimum atomic E-state index is -0.341. The van der Waals surface area contributed by atoms with E-state index in [1.54, 1.807) is 16.7 Å². The number of hydrogen-bond donors (Lipinski definition) is 1. The van der Waals surface area contributed by atoms with E-state index in [1.165, 1.54) is 10.5 Å². The van der Waals surface area contributed by atoms with Gasteiger partial charge in [0, 0.05) is 17.0 Å². The molecule has 0 aromatic heterocycles. The number of aryl methyl sites for hydroxylation is 1. The summed E-state index contributed by atoms with van der Waals surface area (Å²) in [6.45, 7) is 6.80. The number of amides is 1. The summed E-state index contributed by atoms with van der Waals surface area (Å²) in [6.07, 6.45) is 2.05. The molecule has 0 saturated heterocycles. The van der Waals surface area contributed by atoms with Crippen molar-refractivity contribution in [2.24, 2.45) is 0 Å². The molecule has 164 valence electrons. The topological polar surface area (TPSA) is 40.5 Å². The van der Waals surface area contributed by atoms with Crippen molar-refractivity contribution in [3.63, 3.8) is 0 Å². The van der Waals surface area contributed by atoms with Gasteiger partial charge in [0.2, 0.25) is 0 Å². The number of nitrogens with zero attached hydrogens (tertiary/aromatic N) is 1. The van der Waals surface area contributed by atoms with Crippen LogP contribution in [0.15, 0.2) is 83.5 Å². The number of aliphatic hydroxyl groups is 1. The third kappa shape index (κ3) is 4.33. The summed E-state index contributed by atoms with van der Waals surface area (Å²) >= 11 is 1.69. The van der Waals surface area contributed by atoms with Gasteiger partial charge in [-0.3, -0.25) is 4.79 Å². The molecule has 0 fully saturated rings. The zero-order chi connectivity index (χ0) is 22.8. The fourth-order valence-electron chi connectivity index (χ4n) is 4.18. The van der Waals surface area contributed by atoms with E-state index >= 15 is 0 Å². The van der Waals surface area contributed by atoms with Gasteiger partial charge in [-0.2, -0.15) is 0 Å². The third-order valence-corrected chi connectivity index (χ3v) is 6.84. The lowest BCUT2D eigenvalue weighted by molar-refractivity contribution is -0.130. The lowest BCUT2D eigenvalue weighted by Gasteiger charge is -2.28. The van der Waals surface area contributed by atoms with Crippen molar-refractivity contribution >= 4 is 23.2 Å². The first-order valence-corrected chi connectivity index (χ1v) is 12.2. The van der Waals surface area contributed by atoms with Crippen molar-refractivity contribution in [2.75, 3.05) is 6.26 Å². The summed E-state index contributed by atoms with van der Waals surface area (Å²) in [5.74, 6) is -0.0548. The van der Waals surface area contributed by atoms with E-state index in [1.807, 2.05) is 37.4 Å². The fraction of sp³-hybridized carbons (Fsp3) is 0.250. The first-order valence-electron chi connectivity index (χ1n) is 10.9. The predicted octanol–water partition coefficient (Wildman–Crippen LogP) is 6.89. The lowest BCUT2D eigenvalue weighted by Crippen LogP contribution is -2.29. The van der Waals surface area contributed by atoms with Crippen LogP contribution in [0.2, 0.25) is 0 Å². The maximum atomic E-state index is 13.3. The predicted molar refractivity (Wildman–Crippen MR) is 133 cm³/mol. The minimum absolute atomic E-state index is 0.160. The van der Waals surface area contributed by atoms with Gasteiger partial charge >= 0.3 is 0 Å². The van der Waals surface area contributed by atoms with Gasteiger partial charge in [0.1, 0.15) is 0 Å². The molecule has 3 nitrogen and oxygen atoms in total. The van der Waals surface area contributed by atoms with E-state index in [0.29, 0.717) is 18.0 Å². The van der Waals surface area contributed by atoms with Crippen molar-refractivity contribution in [1.82, 2.24) is 4.90 Å². The van der Waals surface area contributed by atoms with E-state index in [4.69, 9.17) is 0 Å². The average molecular weight is 444 g/mol. The molecule has 0 aliphatic carbocycles. The molecule has 0 spiro atoms. The molecule has 4 rings (SSSR count). The molecular formula is C28H29NO2S. The number of benzene rings is 3. The average Bonchev–Trinajstić information content (AvgIpc) is 3.05. The number of thioether (sulfide) groups is 1. The number of hydrogen-bond acceptors (Lipinski definition) is 3. The fourth-order valence-corrected chi connectivity index (χ4v) is 4.59. The summed E-state index contributed by atoms with van der Waals surface area (Å²) in [5, 5.41) is 11.0. The Bertz CT molecular complexity index is 1130. The van der Waals surface area contributed by atoms with Gasteiger partial charge in [-0.25, -0.2) is 0 Å². The zero-order valence-corrected chi connectivity index (χ0v) is 19.8. The van der Waals surface area contributed by atoms with Crippen LogP contribution in [0.5, 0.6) is 0 Å². The monoisotopic (exact) mass is 443 g/mol. The molecule has 1 aliphatic heterocycles. The standard InChI is InChI=1S/C28H29NO2S/c1-18(2)21-11-13-23(14-12-21)26-25(22-9-5-19(3)6-10-22)27(30)28(31)29(26)17-20-7-15-24(32-4)16-8-20/h5-16,18,26,30H,17H2,1-4H3/t26-/m0/s1. The molecule has 32 heavy (non-hydrogen) atoms. The van der Waals surface area contributed by atoms with Crippen LogP contribution in [0.1, 0.15) is 53.6 Å². The molecular weight excluding hydrogens is 414 g/mol. The number of aliphatic hydroxyl groups excluding tert-OH is 1. The Balaban J connectivity index is 1.77. The van der Waals surface area contributed by atoms with Gasteiger partial charge in [0.05, 0.1) is 6.04 Å². The number of carbonyl (C=O) groups excluding carboxylic acids is 1. The molecule has 1 amide bonds. The van der Waals surface area contributed by atoms with E-state index < -0.39 is 0 Å². The van der Waals surface area contributed by atoms with Gasteiger partial charge in [-0.15, -0.1) is 11.8 Å². The second-order valence-corrected chi connectivity index (χ2v) is 9.51. The molecule has 3 aromatic carbocycles. The molecule has 0 saturated carbocycles. The summed E-state index contributed by atoms with van der Waals surface area (Å²) in [5.41, 5.74) is 5.98. The highest BCUT2D eigenvalue weighted by atomic mass is 32.2. The molecule has 1 heterocycles. The highest BCUT2D eigenvalue weighted by molar-refractivity contribution is 7.98. The van der Waals surface area contributed by atoms with Crippen LogP contribution in [0.3, 0.4) is 0 Å². The highest BCUT2D eigenvalue weighted by Gasteiger charge is 2.41. The molecule has 0 bridgehead atoms. The van der Waals surface area contributed by atoms with Crippen LogP contribution in [-0.2, 0) is 11.3 Å². The Morgan fingerprint density at radius 2 is 1.56 bits per heavy atom. The van der Waals surface area contributed by atoms with Gasteiger partial charge in [0.15, 0.2) is 5.76 Å². The molecule has 0 unspecified atom stereocenters. The van der Waals surface area contributed by atoms with Crippen LogP contribution >= 0.6 is 11.8 Å². The van der Waals surface area contributed by atoms with E-state index in [9.17, 15) is 9.90 Å². The summed E-state index contributed by atoms with van der Waals surface area (Å²) in [6, 6.07) is 24.3. The maximum absolute atomic E-state index is 13.3. The molecule has 1 N–H and O–H groups in total. The smallest absolute Gasteiger partial charge is 0.290 e. The SMILES string of the molecule is CSc1ccc(CN2C(=O)C(O)=C(c3ccc(C)cc3)[C@@H]2c2ccc(C(C)C)cc2)cc1. The van der Waals surface area contributed by atoms with Gasteiger partial charge < -0.3 is 10.0 Å². The van der Waals surface area contributed by atoms with Crippen LogP contribution in [0.4, 0.5) is 0 Å². The molecule has 1 aliphatic rings. The summed E-state index contributed by atoms with van der Waals surface area (Å²) in [7, 11) is 0. The van der Waals surface area contributed by atoms with Crippen molar-refractivity contribution in [3.8, 4) is 0 Å². The van der Waals surface area contributed by atoms with Crippen molar-refractivity contribution < 1.29 is 9.90 Å². The first-order chi connectivity index (χ1) is 15.4. The van der Waals surface area contributed by atoms with Gasteiger partial charge in [-0.1, -0.05) is 80.1 Å². The Labute approximate surface area is 194 Å². The van der Waals surface area contributed by atoms with E-state index in [0.717, 1.165) is 22.3 Å². The van der Waals surface area contributed by atoms with Crippen molar-refractivity contribution in [2.45, 2.75) is 44.2 Å². The van der Waals surface area contributed by atoms with Gasteiger partial charge in [-0.05, 0) is 53.5 Å². The van der Waals surface area contributed by atoms with Crippen molar-refractivity contribution in [3.05, 3.63) is 106 Å². The molecule has 0 radical (unpaired) electrons. The van der Waals surface area contributed by atoms with Crippen LogP contribution in [-0.4, -0.2) is 22.2 Å². The normalized spacial score (nSPS) is 16.3. The van der Waals surface area contributed by atoms with Crippen LogP contribution in [0.25, 0.3) is 5.57 Å². The minimum Gasteiger partial charge on any atom is -0.503 e. The third-order valence-electron chi connectivity index (χ3n) is 6.10. The summed E-state index contributed by atoms with van der Waals surface area (Å²) < 4.78 is 0. The molecule has 1 atom stereocenters. The Morgan fingerprint density at radius 3 is 2.12 bits per heavy atom. The Kier molecular flexibility index (Phi) is 6.43. The first kappa shape index (κ1) is 22.2. The van der Waals surface area contributed by atoms with E-state index in [2.05, 4.69) is 62.4 Å². The Hall–Kier alpha value is -2.98.